The average Bonchev–Trinajstić information content (AvgIpc) is 3.19. The van der Waals surface area contributed by atoms with Gasteiger partial charge in [0.15, 0.2) is 5.69 Å². The van der Waals surface area contributed by atoms with Crippen molar-refractivity contribution in [1.82, 2.24) is 25.2 Å². The van der Waals surface area contributed by atoms with Gasteiger partial charge in [0.05, 0.1) is 5.69 Å². The van der Waals surface area contributed by atoms with Gasteiger partial charge in [0.25, 0.3) is 11.8 Å². The van der Waals surface area contributed by atoms with Crippen LogP contribution in [0.1, 0.15) is 21.0 Å². The first-order valence-corrected chi connectivity index (χ1v) is 7.97. The molecule has 3 rings (SSSR count). The molecule has 0 aliphatic rings. The standard InChI is InChI=1S/C16H13BrFN5O2/c1-22-9-10(17)7-14(22)16(25)20-19-15(24)13-5-6-23(21-13)12-4-2-3-11(18)8-12/h2-9H,1H3,(H,19,24)(H,20,25). The summed E-state index contributed by atoms with van der Waals surface area (Å²) in [4.78, 5) is 24.1. The minimum absolute atomic E-state index is 0.0811. The summed E-state index contributed by atoms with van der Waals surface area (Å²) in [7, 11) is 1.71. The van der Waals surface area contributed by atoms with Gasteiger partial charge in [-0.2, -0.15) is 5.10 Å². The van der Waals surface area contributed by atoms with E-state index < -0.39 is 17.6 Å². The number of halogens is 2. The van der Waals surface area contributed by atoms with Crippen LogP contribution in [0.4, 0.5) is 4.39 Å². The second-order valence-corrected chi connectivity index (χ2v) is 6.10. The van der Waals surface area contributed by atoms with Crippen LogP contribution in [0, 0.1) is 5.82 Å². The third kappa shape index (κ3) is 3.77. The number of amides is 2. The van der Waals surface area contributed by atoms with Crippen LogP contribution in [0.25, 0.3) is 5.69 Å². The summed E-state index contributed by atoms with van der Waals surface area (Å²) in [6.07, 6.45) is 3.25. The summed E-state index contributed by atoms with van der Waals surface area (Å²) in [5.41, 5.74) is 5.55. The molecule has 3 aromatic rings. The van der Waals surface area contributed by atoms with Gasteiger partial charge in [-0.1, -0.05) is 6.07 Å². The number of hydrazine groups is 1. The molecule has 0 aliphatic heterocycles. The second kappa shape index (κ2) is 6.89. The van der Waals surface area contributed by atoms with Gasteiger partial charge < -0.3 is 4.57 Å². The van der Waals surface area contributed by atoms with Gasteiger partial charge >= 0.3 is 0 Å². The van der Waals surface area contributed by atoms with Crippen LogP contribution < -0.4 is 10.9 Å². The maximum atomic E-state index is 13.3. The van der Waals surface area contributed by atoms with Crippen molar-refractivity contribution in [3.63, 3.8) is 0 Å². The van der Waals surface area contributed by atoms with Crippen LogP contribution in [0.15, 0.2) is 53.3 Å². The molecule has 0 spiro atoms. The Bertz CT molecular complexity index is 950. The lowest BCUT2D eigenvalue weighted by atomic mass is 10.3. The summed E-state index contributed by atoms with van der Waals surface area (Å²) in [5.74, 6) is -1.46. The number of benzene rings is 1. The molecule has 2 heterocycles. The van der Waals surface area contributed by atoms with Crippen molar-refractivity contribution in [2.75, 3.05) is 0 Å². The highest BCUT2D eigenvalue weighted by Gasteiger charge is 2.14. The van der Waals surface area contributed by atoms with Crippen LogP contribution in [0.5, 0.6) is 0 Å². The van der Waals surface area contributed by atoms with Gasteiger partial charge in [-0.15, -0.1) is 0 Å². The minimum Gasteiger partial charge on any atom is -0.345 e. The van der Waals surface area contributed by atoms with E-state index in [9.17, 15) is 14.0 Å². The monoisotopic (exact) mass is 405 g/mol. The fraction of sp³-hybridized carbons (Fsp3) is 0.0625. The van der Waals surface area contributed by atoms with Gasteiger partial charge in [-0.25, -0.2) is 9.07 Å². The predicted molar refractivity (Wildman–Crippen MR) is 91.6 cm³/mol. The summed E-state index contributed by atoms with van der Waals surface area (Å²) < 4.78 is 17.0. The Morgan fingerprint density at radius 2 is 1.92 bits per heavy atom. The quantitative estimate of drug-likeness (QED) is 0.655. The summed E-state index contributed by atoms with van der Waals surface area (Å²) in [5, 5.41) is 4.07. The smallest absolute Gasteiger partial charge is 0.290 e. The van der Waals surface area contributed by atoms with Crippen LogP contribution in [0.2, 0.25) is 0 Å². The highest BCUT2D eigenvalue weighted by Crippen LogP contribution is 2.13. The fourth-order valence-corrected chi connectivity index (χ4v) is 2.72. The van der Waals surface area contributed by atoms with E-state index in [2.05, 4.69) is 31.9 Å². The Labute approximate surface area is 150 Å². The number of aryl methyl sites for hydroxylation is 1. The zero-order chi connectivity index (χ0) is 18.0. The summed E-state index contributed by atoms with van der Waals surface area (Å²) in [6.45, 7) is 0. The Morgan fingerprint density at radius 1 is 1.16 bits per heavy atom. The molecule has 0 radical (unpaired) electrons. The second-order valence-electron chi connectivity index (χ2n) is 5.19. The fourth-order valence-electron chi connectivity index (χ4n) is 2.20. The summed E-state index contributed by atoms with van der Waals surface area (Å²) in [6, 6.07) is 8.91. The molecular formula is C16H13BrFN5O2. The van der Waals surface area contributed by atoms with E-state index in [1.165, 1.54) is 29.1 Å². The number of nitrogens with one attached hydrogen (secondary N) is 2. The molecule has 128 valence electrons. The third-order valence-corrected chi connectivity index (χ3v) is 3.82. The maximum Gasteiger partial charge on any atom is 0.290 e. The minimum atomic E-state index is -0.586. The molecule has 0 atom stereocenters. The van der Waals surface area contributed by atoms with Crippen LogP contribution in [0.3, 0.4) is 0 Å². The number of nitrogens with zero attached hydrogens (tertiary/aromatic N) is 3. The van der Waals surface area contributed by atoms with Crippen LogP contribution in [-0.4, -0.2) is 26.2 Å². The first-order chi connectivity index (χ1) is 11.9. The molecule has 7 nitrogen and oxygen atoms in total. The van der Waals surface area contributed by atoms with E-state index in [1.807, 2.05) is 0 Å². The molecule has 2 N–H and O–H groups in total. The Morgan fingerprint density at radius 3 is 2.60 bits per heavy atom. The van der Waals surface area contributed by atoms with E-state index in [0.29, 0.717) is 11.4 Å². The van der Waals surface area contributed by atoms with Crippen molar-refractivity contribution >= 4 is 27.7 Å². The zero-order valence-electron chi connectivity index (χ0n) is 13.0. The topological polar surface area (TPSA) is 81.0 Å². The number of aromatic nitrogens is 3. The van der Waals surface area contributed by atoms with Crippen molar-refractivity contribution in [3.8, 4) is 5.69 Å². The third-order valence-electron chi connectivity index (χ3n) is 3.39. The molecule has 0 bridgehead atoms. The van der Waals surface area contributed by atoms with Crippen molar-refractivity contribution in [2.45, 2.75) is 0 Å². The highest BCUT2D eigenvalue weighted by atomic mass is 79.9. The number of carbonyl (C=O) groups is 2. The summed E-state index contributed by atoms with van der Waals surface area (Å²) >= 11 is 3.27. The van der Waals surface area contributed by atoms with Gasteiger partial charge in [0, 0.05) is 23.9 Å². The van der Waals surface area contributed by atoms with Gasteiger partial charge in [-0.3, -0.25) is 20.4 Å². The molecule has 0 unspecified atom stereocenters. The van der Waals surface area contributed by atoms with E-state index >= 15 is 0 Å². The van der Waals surface area contributed by atoms with E-state index in [1.54, 1.807) is 36.0 Å². The van der Waals surface area contributed by atoms with Gasteiger partial charge in [0.2, 0.25) is 0 Å². The molecule has 0 aliphatic carbocycles. The van der Waals surface area contributed by atoms with E-state index in [-0.39, 0.29) is 5.69 Å². The lowest BCUT2D eigenvalue weighted by molar-refractivity contribution is 0.0839. The first kappa shape index (κ1) is 16.9. The molecule has 0 saturated heterocycles. The molecule has 0 saturated carbocycles. The Kier molecular flexibility index (Phi) is 4.66. The van der Waals surface area contributed by atoms with E-state index in [0.717, 1.165) is 4.47 Å². The molecule has 2 aromatic heterocycles. The lowest BCUT2D eigenvalue weighted by Crippen LogP contribution is -2.42. The van der Waals surface area contributed by atoms with E-state index in [4.69, 9.17) is 0 Å². The average molecular weight is 406 g/mol. The molecule has 9 heteroatoms. The largest absolute Gasteiger partial charge is 0.345 e. The SMILES string of the molecule is Cn1cc(Br)cc1C(=O)NNC(=O)c1ccn(-c2cccc(F)c2)n1. The molecule has 25 heavy (non-hydrogen) atoms. The number of hydrogen-bond acceptors (Lipinski definition) is 3. The van der Waals surface area contributed by atoms with Crippen LogP contribution in [-0.2, 0) is 7.05 Å². The first-order valence-electron chi connectivity index (χ1n) is 7.18. The van der Waals surface area contributed by atoms with Crippen molar-refractivity contribution in [1.29, 1.82) is 0 Å². The van der Waals surface area contributed by atoms with Crippen molar-refractivity contribution in [3.05, 3.63) is 70.5 Å². The molecule has 0 fully saturated rings. The van der Waals surface area contributed by atoms with Crippen molar-refractivity contribution in [2.24, 2.45) is 7.05 Å². The number of rotatable bonds is 3. The molecule has 2 amide bonds. The maximum absolute atomic E-state index is 13.3. The van der Waals surface area contributed by atoms with Crippen LogP contribution >= 0.6 is 15.9 Å². The normalized spacial score (nSPS) is 10.5. The van der Waals surface area contributed by atoms with Gasteiger partial charge in [-0.05, 0) is 46.3 Å². The highest BCUT2D eigenvalue weighted by molar-refractivity contribution is 9.10. The molecule has 1 aromatic carbocycles. The lowest BCUT2D eigenvalue weighted by Gasteiger charge is -2.06. The van der Waals surface area contributed by atoms with Gasteiger partial charge in [0.1, 0.15) is 11.5 Å². The molecular weight excluding hydrogens is 393 g/mol. The van der Waals surface area contributed by atoms with Crippen molar-refractivity contribution < 1.29 is 14.0 Å². The number of hydrogen-bond donors (Lipinski definition) is 2. The predicted octanol–water partition coefficient (Wildman–Crippen LogP) is 2.19. The number of carbonyl (C=O) groups excluding carboxylic acids is 2. The Hall–Kier alpha value is -2.94. The zero-order valence-corrected chi connectivity index (χ0v) is 14.6. The Balaban J connectivity index is 1.66.